The van der Waals surface area contributed by atoms with Gasteiger partial charge in [0.1, 0.15) is 11.5 Å². The summed E-state index contributed by atoms with van der Waals surface area (Å²) in [7, 11) is 0. The number of ether oxygens (including phenoxy) is 4. The smallest absolute Gasteiger partial charge is 0.306 e. The van der Waals surface area contributed by atoms with Gasteiger partial charge in [-0.3, -0.25) is 4.79 Å². The SMILES string of the molecule is CCOC(=O)CCc1ccc(OCC[C@H](C)Oc2ccc(Cl)cc2Oc2ccccc2)cc1C(C)C. The molecular formula is C30H35ClO5. The number of aryl methyl sites for hydroxylation is 1. The van der Waals surface area contributed by atoms with Crippen molar-refractivity contribution < 1.29 is 23.7 Å². The van der Waals surface area contributed by atoms with Crippen molar-refractivity contribution in [2.45, 2.75) is 59.0 Å². The number of benzene rings is 3. The van der Waals surface area contributed by atoms with Crippen LogP contribution in [0.15, 0.2) is 66.7 Å². The number of rotatable bonds is 13. The maximum absolute atomic E-state index is 11.8. The lowest BCUT2D eigenvalue weighted by atomic mass is 9.94. The number of hydrogen-bond acceptors (Lipinski definition) is 5. The first-order chi connectivity index (χ1) is 17.4. The van der Waals surface area contributed by atoms with Crippen molar-refractivity contribution in [2.75, 3.05) is 13.2 Å². The van der Waals surface area contributed by atoms with E-state index in [-0.39, 0.29) is 12.1 Å². The van der Waals surface area contributed by atoms with Gasteiger partial charge in [0.05, 0.1) is 19.3 Å². The van der Waals surface area contributed by atoms with E-state index in [0.717, 1.165) is 11.3 Å². The molecule has 0 N–H and O–H groups in total. The molecule has 5 nitrogen and oxygen atoms in total. The fourth-order valence-corrected chi connectivity index (χ4v) is 3.95. The van der Waals surface area contributed by atoms with Gasteiger partial charge in [-0.2, -0.15) is 0 Å². The van der Waals surface area contributed by atoms with Gasteiger partial charge in [0.25, 0.3) is 0 Å². The van der Waals surface area contributed by atoms with Crippen LogP contribution in [0.1, 0.15) is 57.6 Å². The Balaban J connectivity index is 1.56. The number of halogens is 1. The van der Waals surface area contributed by atoms with Gasteiger partial charge in [-0.15, -0.1) is 0 Å². The normalized spacial score (nSPS) is 11.7. The van der Waals surface area contributed by atoms with Gasteiger partial charge in [-0.05, 0) is 73.7 Å². The summed E-state index contributed by atoms with van der Waals surface area (Å²) >= 11 is 6.19. The molecule has 3 aromatic carbocycles. The second-order valence-electron chi connectivity index (χ2n) is 8.89. The van der Waals surface area contributed by atoms with Crippen molar-refractivity contribution in [1.29, 1.82) is 0 Å². The number of carbonyl (C=O) groups is 1. The highest BCUT2D eigenvalue weighted by molar-refractivity contribution is 6.30. The third kappa shape index (κ3) is 8.49. The molecule has 0 unspecified atom stereocenters. The molecule has 0 spiro atoms. The molecule has 36 heavy (non-hydrogen) atoms. The Kier molecular flexibility index (Phi) is 10.5. The predicted octanol–water partition coefficient (Wildman–Crippen LogP) is 7.99. The van der Waals surface area contributed by atoms with Crippen molar-refractivity contribution in [3.8, 4) is 23.0 Å². The van der Waals surface area contributed by atoms with Crippen LogP contribution >= 0.6 is 11.6 Å². The molecule has 0 saturated heterocycles. The van der Waals surface area contributed by atoms with Gasteiger partial charge < -0.3 is 18.9 Å². The van der Waals surface area contributed by atoms with E-state index in [1.807, 2.05) is 62.4 Å². The molecule has 0 radical (unpaired) electrons. The molecular weight excluding hydrogens is 476 g/mol. The Labute approximate surface area is 219 Å². The Morgan fingerprint density at radius 2 is 1.69 bits per heavy atom. The molecule has 0 heterocycles. The molecule has 3 aromatic rings. The van der Waals surface area contributed by atoms with Crippen LogP contribution in [-0.2, 0) is 16.0 Å². The van der Waals surface area contributed by atoms with Crippen molar-refractivity contribution in [3.05, 3.63) is 82.9 Å². The summed E-state index contributed by atoms with van der Waals surface area (Å²) in [6, 6.07) is 21.0. The summed E-state index contributed by atoms with van der Waals surface area (Å²) in [4.78, 5) is 11.8. The van der Waals surface area contributed by atoms with E-state index in [4.69, 9.17) is 30.5 Å². The van der Waals surface area contributed by atoms with Gasteiger partial charge in [0, 0.05) is 23.9 Å². The van der Waals surface area contributed by atoms with Crippen LogP contribution in [0, 0.1) is 0 Å². The van der Waals surface area contributed by atoms with Gasteiger partial charge in [0.2, 0.25) is 0 Å². The molecule has 0 aliphatic rings. The lowest BCUT2D eigenvalue weighted by Gasteiger charge is -2.19. The third-order valence-corrected chi connectivity index (χ3v) is 5.88. The monoisotopic (exact) mass is 510 g/mol. The first-order valence-electron chi connectivity index (χ1n) is 12.5. The molecule has 0 fully saturated rings. The Morgan fingerprint density at radius 1 is 0.917 bits per heavy atom. The third-order valence-electron chi connectivity index (χ3n) is 5.64. The second kappa shape index (κ2) is 13.8. The number of esters is 1. The lowest BCUT2D eigenvalue weighted by molar-refractivity contribution is -0.143. The van der Waals surface area contributed by atoms with Gasteiger partial charge in [-0.1, -0.05) is 49.7 Å². The fraction of sp³-hybridized carbons (Fsp3) is 0.367. The van der Waals surface area contributed by atoms with Crippen LogP contribution in [0.4, 0.5) is 0 Å². The van der Waals surface area contributed by atoms with Crippen molar-refractivity contribution in [1.82, 2.24) is 0 Å². The summed E-state index contributed by atoms with van der Waals surface area (Å²) in [6.45, 7) is 9.02. The zero-order valence-electron chi connectivity index (χ0n) is 21.5. The van der Waals surface area contributed by atoms with Crippen LogP contribution in [0.2, 0.25) is 5.02 Å². The molecule has 1 atom stereocenters. The maximum Gasteiger partial charge on any atom is 0.306 e. The number of carbonyl (C=O) groups excluding carboxylic acids is 1. The van der Waals surface area contributed by atoms with E-state index in [2.05, 4.69) is 19.9 Å². The average molecular weight is 511 g/mol. The Hall–Kier alpha value is -3.18. The highest BCUT2D eigenvalue weighted by atomic mass is 35.5. The molecule has 0 amide bonds. The van der Waals surface area contributed by atoms with E-state index < -0.39 is 0 Å². The molecule has 0 aromatic heterocycles. The molecule has 0 aliphatic heterocycles. The van der Waals surface area contributed by atoms with Gasteiger partial charge >= 0.3 is 5.97 Å². The quantitative estimate of drug-likeness (QED) is 0.218. The molecule has 0 bridgehead atoms. The predicted molar refractivity (Wildman–Crippen MR) is 144 cm³/mol. The van der Waals surface area contributed by atoms with Gasteiger partial charge in [-0.25, -0.2) is 0 Å². The Bertz CT molecular complexity index is 1110. The molecule has 192 valence electrons. The van der Waals surface area contributed by atoms with Crippen LogP contribution in [0.3, 0.4) is 0 Å². The average Bonchev–Trinajstić information content (AvgIpc) is 2.85. The van der Waals surface area contributed by atoms with E-state index in [0.29, 0.717) is 60.7 Å². The highest BCUT2D eigenvalue weighted by Gasteiger charge is 2.14. The maximum atomic E-state index is 11.8. The topological polar surface area (TPSA) is 54.0 Å². The number of para-hydroxylation sites is 1. The van der Waals surface area contributed by atoms with E-state index >= 15 is 0 Å². The minimum absolute atomic E-state index is 0.0993. The Morgan fingerprint density at radius 3 is 2.42 bits per heavy atom. The highest BCUT2D eigenvalue weighted by Crippen LogP contribution is 2.35. The zero-order valence-corrected chi connectivity index (χ0v) is 22.2. The summed E-state index contributed by atoms with van der Waals surface area (Å²) in [6.07, 6.45) is 1.63. The van der Waals surface area contributed by atoms with Crippen molar-refractivity contribution in [2.24, 2.45) is 0 Å². The van der Waals surface area contributed by atoms with Gasteiger partial charge in [0.15, 0.2) is 11.5 Å². The standard InChI is InChI=1S/C30H35ClO5/c1-5-33-30(32)16-12-23-11-14-26(20-27(23)21(2)3)34-18-17-22(4)35-28-15-13-24(31)19-29(28)36-25-9-7-6-8-10-25/h6-11,13-15,19-22H,5,12,16-18H2,1-4H3/t22-/m0/s1. The molecule has 0 saturated carbocycles. The van der Waals surface area contributed by atoms with E-state index in [1.165, 1.54) is 5.56 Å². The molecule has 3 rings (SSSR count). The van der Waals surface area contributed by atoms with Crippen molar-refractivity contribution >= 4 is 17.6 Å². The minimum Gasteiger partial charge on any atom is -0.493 e. The lowest BCUT2D eigenvalue weighted by Crippen LogP contribution is -2.16. The zero-order chi connectivity index (χ0) is 25.9. The minimum atomic E-state index is -0.167. The van der Waals surface area contributed by atoms with Crippen LogP contribution < -0.4 is 14.2 Å². The number of hydrogen-bond donors (Lipinski definition) is 0. The fourth-order valence-electron chi connectivity index (χ4n) is 3.79. The first-order valence-corrected chi connectivity index (χ1v) is 12.8. The van der Waals surface area contributed by atoms with Crippen LogP contribution in [0.25, 0.3) is 0 Å². The second-order valence-corrected chi connectivity index (χ2v) is 9.33. The van der Waals surface area contributed by atoms with Crippen molar-refractivity contribution in [3.63, 3.8) is 0 Å². The van der Waals surface area contributed by atoms with Crippen LogP contribution in [-0.4, -0.2) is 25.3 Å². The summed E-state index contributed by atoms with van der Waals surface area (Å²) < 4.78 is 23.3. The molecule has 0 aliphatic carbocycles. The van der Waals surface area contributed by atoms with Crippen LogP contribution in [0.5, 0.6) is 23.0 Å². The summed E-state index contributed by atoms with van der Waals surface area (Å²) in [5, 5.41) is 0.580. The van der Waals surface area contributed by atoms with E-state index in [1.54, 1.807) is 12.1 Å². The summed E-state index contributed by atoms with van der Waals surface area (Å²) in [5.41, 5.74) is 2.33. The first kappa shape index (κ1) is 27.4. The largest absolute Gasteiger partial charge is 0.493 e. The van der Waals surface area contributed by atoms with E-state index in [9.17, 15) is 4.79 Å². The molecule has 6 heteroatoms. The summed E-state index contributed by atoms with van der Waals surface area (Å²) in [5.74, 6) is 2.88.